The Kier molecular flexibility index (Phi) is 6.97. The number of rotatable bonds is 8. The van der Waals surface area contributed by atoms with E-state index in [4.69, 9.17) is 16.7 Å². The Balaban J connectivity index is 2.45. The van der Waals surface area contributed by atoms with Crippen LogP contribution in [0.15, 0.2) is 18.2 Å². The number of nitrogens with zero attached hydrogens (tertiary/aromatic N) is 1. The highest BCUT2D eigenvalue weighted by Crippen LogP contribution is 2.22. The van der Waals surface area contributed by atoms with Crippen LogP contribution in [0.2, 0.25) is 5.02 Å². The Morgan fingerprint density at radius 2 is 2.00 bits per heavy atom. The Bertz CT molecular complexity index is 479. The minimum absolute atomic E-state index is 0.0666. The minimum atomic E-state index is -0.561. The van der Waals surface area contributed by atoms with E-state index in [0.717, 1.165) is 31.7 Å². The summed E-state index contributed by atoms with van der Waals surface area (Å²) in [4.78, 5) is 21.8. The molecule has 1 aromatic rings. The molecule has 1 aromatic carbocycles. The number of aliphatic hydroxyl groups excluding tert-OH is 1. The van der Waals surface area contributed by atoms with Crippen molar-refractivity contribution in [2.45, 2.75) is 25.7 Å². The second kappa shape index (κ2) is 8.50. The summed E-state index contributed by atoms with van der Waals surface area (Å²) in [7, 11) is 0. The molecule has 6 nitrogen and oxygen atoms in total. The summed E-state index contributed by atoms with van der Waals surface area (Å²) in [5, 5.41) is 22.0. The van der Waals surface area contributed by atoms with Gasteiger partial charge in [-0.3, -0.25) is 14.9 Å². The van der Waals surface area contributed by atoms with Crippen molar-refractivity contribution in [3.63, 3.8) is 0 Å². The molecule has 0 bridgehead atoms. The molecule has 0 heterocycles. The molecule has 0 spiro atoms. The highest BCUT2D eigenvalue weighted by atomic mass is 35.5. The van der Waals surface area contributed by atoms with Gasteiger partial charge in [0.15, 0.2) is 0 Å². The number of amides is 1. The van der Waals surface area contributed by atoms with Gasteiger partial charge < -0.3 is 10.4 Å². The SMILES string of the molecule is O=C(NCCCCCCO)c1ccc([N+](=O)[O-])cc1Cl. The summed E-state index contributed by atoms with van der Waals surface area (Å²) in [5.74, 6) is -0.341. The topological polar surface area (TPSA) is 92.5 Å². The molecule has 0 aliphatic carbocycles. The van der Waals surface area contributed by atoms with E-state index >= 15 is 0 Å². The van der Waals surface area contributed by atoms with E-state index in [-0.39, 0.29) is 28.8 Å². The number of aliphatic hydroxyl groups is 1. The molecule has 0 atom stereocenters. The number of halogens is 1. The van der Waals surface area contributed by atoms with Gasteiger partial charge in [0.2, 0.25) is 0 Å². The molecule has 0 fully saturated rings. The van der Waals surface area contributed by atoms with E-state index in [2.05, 4.69) is 5.32 Å². The number of carbonyl (C=O) groups is 1. The number of benzene rings is 1. The number of carbonyl (C=O) groups excluding carboxylic acids is 1. The fraction of sp³-hybridized carbons (Fsp3) is 0.462. The standard InChI is InChI=1S/C13H17ClN2O4/c14-12-9-10(16(19)20)5-6-11(12)13(18)15-7-3-1-2-4-8-17/h5-6,9,17H,1-4,7-8H2,(H,15,18). The van der Waals surface area contributed by atoms with Crippen LogP contribution in [0.1, 0.15) is 36.0 Å². The van der Waals surface area contributed by atoms with Crippen LogP contribution < -0.4 is 5.32 Å². The molecular formula is C13H17ClN2O4. The first-order valence-corrected chi connectivity index (χ1v) is 6.77. The summed E-state index contributed by atoms with van der Waals surface area (Å²) in [6, 6.07) is 3.77. The van der Waals surface area contributed by atoms with Gasteiger partial charge in [0, 0.05) is 25.3 Å². The number of nitrogens with one attached hydrogen (secondary N) is 1. The van der Waals surface area contributed by atoms with Gasteiger partial charge in [-0.15, -0.1) is 0 Å². The number of hydrogen-bond acceptors (Lipinski definition) is 4. The average Bonchev–Trinajstić information content (AvgIpc) is 2.42. The lowest BCUT2D eigenvalue weighted by Gasteiger charge is -2.06. The van der Waals surface area contributed by atoms with Crippen LogP contribution in [-0.4, -0.2) is 29.1 Å². The van der Waals surface area contributed by atoms with Gasteiger partial charge in [-0.25, -0.2) is 0 Å². The number of nitro benzene ring substituents is 1. The van der Waals surface area contributed by atoms with Crippen molar-refractivity contribution in [2.75, 3.05) is 13.2 Å². The lowest BCUT2D eigenvalue weighted by atomic mass is 10.1. The van der Waals surface area contributed by atoms with Crippen molar-refractivity contribution in [3.05, 3.63) is 38.9 Å². The predicted octanol–water partition coefficient (Wildman–Crippen LogP) is 2.53. The summed E-state index contributed by atoms with van der Waals surface area (Å²) >= 11 is 5.86. The van der Waals surface area contributed by atoms with E-state index < -0.39 is 4.92 Å². The van der Waals surface area contributed by atoms with Crippen molar-refractivity contribution in [2.24, 2.45) is 0 Å². The third-order valence-electron chi connectivity index (χ3n) is 2.78. The van der Waals surface area contributed by atoms with Crippen molar-refractivity contribution in [3.8, 4) is 0 Å². The molecule has 20 heavy (non-hydrogen) atoms. The molecule has 0 saturated carbocycles. The van der Waals surface area contributed by atoms with Crippen molar-refractivity contribution in [1.82, 2.24) is 5.32 Å². The quantitative estimate of drug-likeness (QED) is 0.438. The smallest absolute Gasteiger partial charge is 0.270 e. The zero-order chi connectivity index (χ0) is 15.0. The highest BCUT2D eigenvalue weighted by molar-refractivity contribution is 6.34. The maximum atomic E-state index is 11.8. The van der Waals surface area contributed by atoms with Crippen LogP contribution in [0, 0.1) is 10.1 Å². The first kappa shape index (κ1) is 16.4. The minimum Gasteiger partial charge on any atom is -0.396 e. The molecule has 2 N–H and O–H groups in total. The summed E-state index contributed by atoms with van der Waals surface area (Å²) < 4.78 is 0. The van der Waals surface area contributed by atoms with Gasteiger partial charge in [0.05, 0.1) is 15.5 Å². The van der Waals surface area contributed by atoms with E-state index in [1.54, 1.807) is 0 Å². The third kappa shape index (κ3) is 5.14. The fourth-order valence-corrected chi connectivity index (χ4v) is 1.95. The van der Waals surface area contributed by atoms with Gasteiger partial charge in [-0.2, -0.15) is 0 Å². The van der Waals surface area contributed by atoms with Crippen LogP contribution in [-0.2, 0) is 0 Å². The molecule has 0 radical (unpaired) electrons. The largest absolute Gasteiger partial charge is 0.396 e. The average molecular weight is 301 g/mol. The number of nitro groups is 1. The fourth-order valence-electron chi connectivity index (χ4n) is 1.69. The molecule has 0 unspecified atom stereocenters. The van der Waals surface area contributed by atoms with Crippen molar-refractivity contribution < 1.29 is 14.8 Å². The zero-order valence-corrected chi connectivity index (χ0v) is 11.7. The maximum Gasteiger partial charge on any atom is 0.270 e. The van der Waals surface area contributed by atoms with Gasteiger partial charge in [0.25, 0.3) is 11.6 Å². The van der Waals surface area contributed by atoms with Gasteiger partial charge in [-0.05, 0) is 18.9 Å². The Labute approximate surface area is 121 Å². The van der Waals surface area contributed by atoms with Crippen LogP contribution in [0.5, 0.6) is 0 Å². The molecule has 7 heteroatoms. The van der Waals surface area contributed by atoms with E-state index in [9.17, 15) is 14.9 Å². The molecular weight excluding hydrogens is 284 g/mol. The van der Waals surface area contributed by atoms with E-state index in [1.165, 1.54) is 12.1 Å². The van der Waals surface area contributed by atoms with Crippen LogP contribution in [0.4, 0.5) is 5.69 Å². The molecule has 1 amide bonds. The normalized spacial score (nSPS) is 10.3. The summed E-state index contributed by atoms with van der Waals surface area (Å²) in [5.41, 5.74) is 0.0863. The second-order valence-electron chi connectivity index (χ2n) is 4.31. The van der Waals surface area contributed by atoms with Gasteiger partial charge in [-0.1, -0.05) is 24.4 Å². The van der Waals surface area contributed by atoms with E-state index in [0.29, 0.717) is 6.54 Å². The molecule has 0 saturated heterocycles. The van der Waals surface area contributed by atoms with Crippen LogP contribution in [0.3, 0.4) is 0 Å². The molecule has 0 aromatic heterocycles. The first-order chi connectivity index (χ1) is 9.56. The zero-order valence-electron chi connectivity index (χ0n) is 11.0. The van der Waals surface area contributed by atoms with Gasteiger partial charge in [0.1, 0.15) is 0 Å². The Morgan fingerprint density at radius 1 is 1.30 bits per heavy atom. The lowest BCUT2D eigenvalue weighted by Crippen LogP contribution is -2.24. The lowest BCUT2D eigenvalue weighted by molar-refractivity contribution is -0.384. The highest BCUT2D eigenvalue weighted by Gasteiger charge is 2.14. The number of non-ortho nitro benzene ring substituents is 1. The monoisotopic (exact) mass is 300 g/mol. The maximum absolute atomic E-state index is 11.8. The van der Waals surface area contributed by atoms with Crippen LogP contribution >= 0.6 is 11.6 Å². The summed E-state index contributed by atoms with van der Waals surface area (Å²) in [6.45, 7) is 0.697. The molecule has 110 valence electrons. The number of hydrogen-bond donors (Lipinski definition) is 2. The second-order valence-corrected chi connectivity index (χ2v) is 4.72. The predicted molar refractivity (Wildman–Crippen MR) is 76.0 cm³/mol. The number of unbranched alkanes of at least 4 members (excludes halogenated alkanes) is 3. The van der Waals surface area contributed by atoms with Crippen LogP contribution in [0.25, 0.3) is 0 Å². The molecule has 0 aliphatic heterocycles. The molecule has 0 aliphatic rings. The van der Waals surface area contributed by atoms with Crippen molar-refractivity contribution >= 4 is 23.2 Å². The molecule has 1 rings (SSSR count). The van der Waals surface area contributed by atoms with Crippen molar-refractivity contribution in [1.29, 1.82) is 0 Å². The van der Waals surface area contributed by atoms with Gasteiger partial charge >= 0.3 is 0 Å². The third-order valence-corrected chi connectivity index (χ3v) is 3.09. The Hall–Kier alpha value is -1.66. The first-order valence-electron chi connectivity index (χ1n) is 6.39. The summed E-state index contributed by atoms with van der Waals surface area (Å²) in [6.07, 6.45) is 3.43. The van der Waals surface area contributed by atoms with E-state index in [1.807, 2.05) is 0 Å². The Morgan fingerprint density at radius 3 is 2.60 bits per heavy atom.